The molecule has 1 aliphatic rings. The van der Waals surface area contributed by atoms with Crippen LogP contribution in [0, 0.1) is 13.8 Å². The molecule has 0 saturated carbocycles. The molecule has 1 unspecified atom stereocenters. The number of morpholine rings is 1. The largest absolute Gasteiger partial charge is 0.496 e. The van der Waals surface area contributed by atoms with E-state index in [9.17, 15) is 0 Å². The Morgan fingerprint density at radius 3 is 2.75 bits per heavy atom. The monoisotopic (exact) mass is 346 g/mol. The van der Waals surface area contributed by atoms with E-state index < -0.39 is 0 Å². The van der Waals surface area contributed by atoms with Crippen molar-refractivity contribution in [1.29, 1.82) is 0 Å². The molecule has 0 radical (unpaired) electrons. The van der Waals surface area contributed by atoms with Crippen LogP contribution >= 0.6 is 11.6 Å². The van der Waals surface area contributed by atoms with Crippen LogP contribution < -0.4 is 4.74 Å². The number of hydrogen-bond acceptors (Lipinski definition) is 4. The first-order valence-electron chi connectivity index (χ1n) is 8.17. The van der Waals surface area contributed by atoms with Crippen molar-refractivity contribution in [3.8, 4) is 5.75 Å². The Morgan fingerprint density at radius 2 is 2.04 bits per heavy atom. The fourth-order valence-electron chi connectivity index (χ4n) is 3.17. The van der Waals surface area contributed by atoms with Gasteiger partial charge >= 0.3 is 0 Å². The summed E-state index contributed by atoms with van der Waals surface area (Å²) >= 11 is 5.97. The molecule has 0 bridgehead atoms. The summed E-state index contributed by atoms with van der Waals surface area (Å²) in [5.74, 6) is 0.933. The maximum absolute atomic E-state index is 5.97. The van der Waals surface area contributed by atoms with Gasteiger partial charge in [0.2, 0.25) is 0 Å². The second-order valence-corrected chi connectivity index (χ2v) is 6.63. The Bertz CT molecular complexity index is 703. The summed E-state index contributed by atoms with van der Waals surface area (Å²) in [6.45, 7) is 7.37. The summed E-state index contributed by atoms with van der Waals surface area (Å²) in [5.41, 5.74) is 4.41. The molecule has 1 fully saturated rings. The number of aromatic nitrogens is 1. The third-order valence-electron chi connectivity index (χ3n) is 4.52. The van der Waals surface area contributed by atoms with Crippen molar-refractivity contribution < 1.29 is 9.47 Å². The quantitative estimate of drug-likeness (QED) is 0.840. The molecule has 2 heterocycles. The molecule has 3 rings (SSSR count). The number of rotatable bonds is 4. The Labute approximate surface area is 148 Å². The van der Waals surface area contributed by atoms with Gasteiger partial charge in [0.15, 0.2) is 0 Å². The van der Waals surface area contributed by atoms with Gasteiger partial charge in [0.25, 0.3) is 0 Å². The van der Waals surface area contributed by atoms with E-state index in [1.165, 1.54) is 0 Å². The predicted octanol–water partition coefficient (Wildman–Crippen LogP) is 3.93. The zero-order valence-electron chi connectivity index (χ0n) is 14.4. The number of pyridine rings is 1. The topological polar surface area (TPSA) is 34.6 Å². The van der Waals surface area contributed by atoms with Crippen LogP contribution in [0.25, 0.3) is 0 Å². The van der Waals surface area contributed by atoms with E-state index in [2.05, 4.69) is 16.8 Å². The van der Waals surface area contributed by atoms with E-state index >= 15 is 0 Å². The van der Waals surface area contributed by atoms with Crippen LogP contribution in [-0.4, -0.2) is 36.7 Å². The van der Waals surface area contributed by atoms with Crippen LogP contribution in [0.1, 0.15) is 28.5 Å². The molecule has 1 aromatic carbocycles. The maximum Gasteiger partial charge on any atom is 0.128 e. The molecular formula is C19H23ClN2O2. The first-order chi connectivity index (χ1) is 11.6. The fraction of sp³-hybridized carbons (Fsp3) is 0.421. The van der Waals surface area contributed by atoms with E-state index in [4.69, 9.17) is 21.1 Å². The highest BCUT2D eigenvalue weighted by molar-refractivity contribution is 6.30. The molecule has 1 atom stereocenters. The van der Waals surface area contributed by atoms with Crippen LogP contribution in [0.2, 0.25) is 5.02 Å². The molecule has 2 aromatic rings. The van der Waals surface area contributed by atoms with Gasteiger partial charge < -0.3 is 9.47 Å². The molecule has 5 heteroatoms. The third kappa shape index (κ3) is 3.72. The number of benzene rings is 1. The van der Waals surface area contributed by atoms with Gasteiger partial charge in [0.05, 0.1) is 25.5 Å². The van der Waals surface area contributed by atoms with Crippen molar-refractivity contribution in [2.24, 2.45) is 0 Å². The zero-order valence-corrected chi connectivity index (χ0v) is 15.1. The molecule has 128 valence electrons. The standard InChI is InChI=1S/C19H23ClN2O2/c1-13-10-21-17(14(2)19(13)23-3)11-22-8-9-24-18(12-22)15-4-6-16(20)7-5-15/h4-7,10,18H,8-9,11-12H2,1-3H3. The van der Waals surface area contributed by atoms with Crippen LogP contribution in [0.4, 0.5) is 0 Å². The number of nitrogens with zero attached hydrogens (tertiary/aromatic N) is 2. The molecule has 0 aliphatic carbocycles. The summed E-state index contributed by atoms with van der Waals surface area (Å²) in [6.07, 6.45) is 1.96. The molecular weight excluding hydrogens is 324 g/mol. The number of hydrogen-bond donors (Lipinski definition) is 0. The molecule has 1 aromatic heterocycles. The van der Waals surface area contributed by atoms with Gasteiger partial charge in [-0.3, -0.25) is 9.88 Å². The third-order valence-corrected chi connectivity index (χ3v) is 4.77. The summed E-state index contributed by atoms with van der Waals surface area (Å²) in [5, 5.41) is 0.748. The highest BCUT2D eigenvalue weighted by Crippen LogP contribution is 2.27. The van der Waals surface area contributed by atoms with Gasteiger partial charge in [-0.25, -0.2) is 0 Å². The van der Waals surface area contributed by atoms with Crippen molar-refractivity contribution in [3.05, 3.63) is 57.9 Å². The number of halogens is 1. The van der Waals surface area contributed by atoms with Crippen molar-refractivity contribution in [2.75, 3.05) is 26.8 Å². The lowest BCUT2D eigenvalue weighted by Crippen LogP contribution is -2.38. The van der Waals surface area contributed by atoms with Gasteiger partial charge in [0, 0.05) is 42.0 Å². The highest BCUT2D eigenvalue weighted by atomic mass is 35.5. The van der Waals surface area contributed by atoms with E-state index in [1.54, 1.807) is 7.11 Å². The Kier molecular flexibility index (Phi) is 5.39. The van der Waals surface area contributed by atoms with E-state index in [-0.39, 0.29) is 6.10 Å². The number of ether oxygens (including phenoxy) is 2. The second-order valence-electron chi connectivity index (χ2n) is 6.19. The molecule has 0 N–H and O–H groups in total. The van der Waals surface area contributed by atoms with Crippen LogP contribution in [0.15, 0.2) is 30.5 Å². The molecule has 0 spiro atoms. The van der Waals surface area contributed by atoms with Crippen molar-refractivity contribution in [1.82, 2.24) is 9.88 Å². The van der Waals surface area contributed by atoms with Gasteiger partial charge in [-0.1, -0.05) is 23.7 Å². The number of aryl methyl sites for hydroxylation is 1. The Morgan fingerprint density at radius 1 is 1.29 bits per heavy atom. The second kappa shape index (κ2) is 7.51. The minimum Gasteiger partial charge on any atom is -0.496 e. The normalized spacial score (nSPS) is 18.6. The first-order valence-corrected chi connectivity index (χ1v) is 8.54. The zero-order chi connectivity index (χ0) is 17.1. The van der Waals surface area contributed by atoms with Crippen LogP contribution in [-0.2, 0) is 11.3 Å². The molecule has 0 amide bonds. The molecule has 4 nitrogen and oxygen atoms in total. The lowest BCUT2D eigenvalue weighted by atomic mass is 10.1. The van der Waals surface area contributed by atoms with Gasteiger partial charge in [-0.2, -0.15) is 0 Å². The minimum atomic E-state index is 0.0728. The smallest absolute Gasteiger partial charge is 0.128 e. The highest BCUT2D eigenvalue weighted by Gasteiger charge is 2.23. The van der Waals surface area contributed by atoms with Crippen LogP contribution in [0.5, 0.6) is 5.75 Å². The van der Waals surface area contributed by atoms with Gasteiger partial charge in [-0.05, 0) is 31.5 Å². The van der Waals surface area contributed by atoms with Gasteiger partial charge in [0.1, 0.15) is 5.75 Å². The van der Waals surface area contributed by atoms with Gasteiger partial charge in [-0.15, -0.1) is 0 Å². The lowest BCUT2D eigenvalue weighted by molar-refractivity contribution is -0.0333. The summed E-state index contributed by atoms with van der Waals surface area (Å²) < 4.78 is 11.4. The Hall–Kier alpha value is -1.62. The van der Waals surface area contributed by atoms with E-state index in [1.807, 2.05) is 37.4 Å². The van der Waals surface area contributed by atoms with Crippen molar-refractivity contribution in [2.45, 2.75) is 26.5 Å². The predicted molar refractivity (Wildman–Crippen MR) is 95.7 cm³/mol. The number of methoxy groups -OCH3 is 1. The molecule has 1 aliphatic heterocycles. The van der Waals surface area contributed by atoms with E-state index in [0.29, 0.717) is 0 Å². The lowest BCUT2D eigenvalue weighted by Gasteiger charge is -2.33. The molecule has 24 heavy (non-hydrogen) atoms. The molecule has 1 saturated heterocycles. The van der Waals surface area contributed by atoms with Crippen LogP contribution in [0.3, 0.4) is 0 Å². The SMILES string of the molecule is COc1c(C)cnc(CN2CCOC(c3ccc(Cl)cc3)C2)c1C. The Balaban J connectivity index is 1.73. The minimum absolute atomic E-state index is 0.0728. The summed E-state index contributed by atoms with van der Waals surface area (Å²) in [4.78, 5) is 6.99. The first kappa shape index (κ1) is 17.2. The average Bonchev–Trinajstić information content (AvgIpc) is 2.59. The summed E-state index contributed by atoms with van der Waals surface area (Å²) in [6, 6.07) is 7.90. The average molecular weight is 347 g/mol. The summed E-state index contributed by atoms with van der Waals surface area (Å²) in [7, 11) is 1.71. The maximum atomic E-state index is 5.97. The van der Waals surface area contributed by atoms with E-state index in [0.717, 1.165) is 59.4 Å². The fourth-order valence-corrected chi connectivity index (χ4v) is 3.29. The van der Waals surface area contributed by atoms with Crippen molar-refractivity contribution in [3.63, 3.8) is 0 Å². The van der Waals surface area contributed by atoms with Crippen molar-refractivity contribution >= 4 is 11.6 Å².